The monoisotopic (exact) mass is 434 g/mol. The lowest BCUT2D eigenvalue weighted by Crippen LogP contribution is -2.49. The van der Waals surface area contributed by atoms with Crippen molar-refractivity contribution < 1.29 is 13.9 Å². The first kappa shape index (κ1) is 18.6. The van der Waals surface area contributed by atoms with E-state index in [1.165, 1.54) is 5.56 Å². The molecule has 0 fully saturated rings. The fourth-order valence-electron chi connectivity index (χ4n) is 4.07. The van der Waals surface area contributed by atoms with Crippen LogP contribution < -0.4 is 0 Å². The van der Waals surface area contributed by atoms with Crippen molar-refractivity contribution in [2.75, 3.05) is 13.2 Å². The van der Waals surface area contributed by atoms with Gasteiger partial charge in [-0.25, -0.2) is 8.78 Å². The Labute approximate surface area is 165 Å². The van der Waals surface area contributed by atoms with Gasteiger partial charge >= 0.3 is 0 Å². The summed E-state index contributed by atoms with van der Waals surface area (Å²) in [5.41, 5.74) is 4.12. The second kappa shape index (κ2) is 7.00. The molecule has 2 heterocycles. The summed E-state index contributed by atoms with van der Waals surface area (Å²) in [4.78, 5) is 5.28. The zero-order valence-electron chi connectivity index (χ0n) is 14.9. The highest BCUT2D eigenvalue weighted by atomic mass is 79.9. The van der Waals surface area contributed by atoms with Gasteiger partial charge in [0.1, 0.15) is 6.61 Å². The highest BCUT2D eigenvalue weighted by Gasteiger charge is 2.41. The Morgan fingerprint density at radius 3 is 2.59 bits per heavy atom. The van der Waals surface area contributed by atoms with Gasteiger partial charge in [0.15, 0.2) is 0 Å². The third-order valence-corrected chi connectivity index (χ3v) is 5.88. The van der Waals surface area contributed by atoms with Gasteiger partial charge in [0.05, 0.1) is 12.6 Å². The molecule has 6 heteroatoms. The summed E-state index contributed by atoms with van der Waals surface area (Å²) in [6.07, 6.45) is 0.688. The lowest BCUT2D eigenvalue weighted by molar-refractivity contribution is -0.0864. The zero-order valence-corrected chi connectivity index (χ0v) is 16.5. The average Bonchev–Trinajstić information content (AvgIpc) is 3.01. The molecule has 2 unspecified atom stereocenters. The van der Waals surface area contributed by atoms with Crippen LogP contribution in [0.3, 0.4) is 0 Å². The van der Waals surface area contributed by atoms with Gasteiger partial charge in [0.2, 0.25) is 0 Å². The SMILES string of the molecule is CC1Cc2c([nH]c3ccccc23)C(c2ccc(Br)cc2)N1CC(F)(F)CO. The first-order valence-corrected chi connectivity index (χ1v) is 9.78. The van der Waals surface area contributed by atoms with Crippen LogP contribution in [0.4, 0.5) is 8.78 Å². The van der Waals surface area contributed by atoms with Gasteiger partial charge in [-0.15, -0.1) is 0 Å². The molecule has 1 aliphatic heterocycles. The van der Waals surface area contributed by atoms with Crippen LogP contribution in [0.15, 0.2) is 53.0 Å². The van der Waals surface area contributed by atoms with Gasteiger partial charge < -0.3 is 10.1 Å². The van der Waals surface area contributed by atoms with Crippen molar-refractivity contribution in [3.63, 3.8) is 0 Å². The highest BCUT2D eigenvalue weighted by molar-refractivity contribution is 9.10. The van der Waals surface area contributed by atoms with Crippen LogP contribution in [0.25, 0.3) is 10.9 Å². The number of aliphatic hydroxyl groups excluding tert-OH is 1. The fraction of sp³-hybridized carbons (Fsp3) is 0.333. The molecule has 0 radical (unpaired) electrons. The Morgan fingerprint density at radius 2 is 1.89 bits per heavy atom. The molecule has 1 aliphatic rings. The second-order valence-corrected chi connectivity index (χ2v) is 8.17. The third-order valence-electron chi connectivity index (χ3n) is 5.35. The van der Waals surface area contributed by atoms with Crippen LogP contribution in [0.5, 0.6) is 0 Å². The second-order valence-electron chi connectivity index (χ2n) is 7.26. The van der Waals surface area contributed by atoms with Crippen molar-refractivity contribution in [1.82, 2.24) is 9.88 Å². The number of alkyl halides is 2. The van der Waals surface area contributed by atoms with E-state index in [1.807, 2.05) is 49.4 Å². The fourth-order valence-corrected chi connectivity index (χ4v) is 4.34. The first-order valence-electron chi connectivity index (χ1n) is 8.99. The predicted molar refractivity (Wildman–Crippen MR) is 106 cm³/mol. The van der Waals surface area contributed by atoms with Crippen molar-refractivity contribution >= 4 is 26.8 Å². The number of aliphatic hydroxyl groups is 1. The van der Waals surface area contributed by atoms with Crippen molar-refractivity contribution in [2.24, 2.45) is 0 Å². The van der Waals surface area contributed by atoms with Crippen LogP contribution >= 0.6 is 15.9 Å². The number of para-hydroxylation sites is 1. The predicted octanol–water partition coefficient (Wildman–Crippen LogP) is 4.89. The van der Waals surface area contributed by atoms with Crippen LogP contribution in [0.2, 0.25) is 0 Å². The molecule has 1 aromatic heterocycles. The number of aromatic nitrogens is 1. The number of nitrogens with zero attached hydrogens (tertiary/aromatic N) is 1. The maximum absolute atomic E-state index is 14.1. The number of aromatic amines is 1. The molecule has 0 aliphatic carbocycles. The number of rotatable bonds is 4. The molecule has 27 heavy (non-hydrogen) atoms. The number of halogens is 3. The molecule has 2 atom stereocenters. The number of hydrogen-bond acceptors (Lipinski definition) is 2. The Balaban J connectivity index is 1.88. The summed E-state index contributed by atoms with van der Waals surface area (Å²) in [6, 6.07) is 15.5. The maximum Gasteiger partial charge on any atom is 0.283 e. The summed E-state index contributed by atoms with van der Waals surface area (Å²) in [7, 11) is 0. The van der Waals surface area contributed by atoms with Crippen LogP contribution in [0, 0.1) is 0 Å². The minimum atomic E-state index is -3.15. The number of hydrogen-bond donors (Lipinski definition) is 2. The van der Waals surface area contributed by atoms with Gasteiger partial charge in [0, 0.05) is 27.1 Å². The van der Waals surface area contributed by atoms with E-state index in [9.17, 15) is 8.78 Å². The lowest BCUT2D eigenvalue weighted by atomic mass is 9.88. The first-order chi connectivity index (χ1) is 12.9. The standard InChI is InChI=1S/C21H21BrF2N2O/c1-13-10-17-16-4-2-3-5-18(16)25-19(17)20(14-6-8-15(22)9-7-14)26(13)11-21(23,24)12-27/h2-9,13,20,25,27H,10-12H2,1H3. The van der Waals surface area contributed by atoms with Crippen molar-refractivity contribution in [3.8, 4) is 0 Å². The molecule has 0 bridgehead atoms. The van der Waals surface area contributed by atoms with Crippen LogP contribution in [0.1, 0.15) is 29.8 Å². The third kappa shape index (κ3) is 3.42. The van der Waals surface area contributed by atoms with E-state index in [0.717, 1.165) is 26.6 Å². The lowest BCUT2D eigenvalue weighted by Gasteiger charge is -2.42. The van der Waals surface area contributed by atoms with E-state index < -0.39 is 19.1 Å². The van der Waals surface area contributed by atoms with Gasteiger partial charge in [-0.05, 0) is 42.7 Å². The summed E-state index contributed by atoms with van der Waals surface area (Å²) < 4.78 is 29.2. The minimum Gasteiger partial charge on any atom is -0.390 e. The van der Waals surface area contributed by atoms with E-state index in [-0.39, 0.29) is 12.1 Å². The van der Waals surface area contributed by atoms with Crippen LogP contribution in [-0.2, 0) is 6.42 Å². The summed E-state index contributed by atoms with van der Waals surface area (Å²) in [5, 5.41) is 10.3. The average molecular weight is 435 g/mol. The molecule has 3 nitrogen and oxygen atoms in total. The largest absolute Gasteiger partial charge is 0.390 e. The van der Waals surface area contributed by atoms with Gasteiger partial charge in [-0.2, -0.15) is 0 Å². The smallest absolute Gasteiger partial charge is 0.283 e. The van der Waals surface area contributed by atoms with E-state index >= 15 is 0 Å². The molecule has 0 saturated carbocycles. The summed E-state index contributed by atoms with van der Waals surface area (Å²) in [6.45, 7) is 0.340. The van der Waals surface area contributed by atoms with E-state index in [2.05, 4.69) is 27.0 Å². The number of nitrogens with one attached hydrogen (secondary N) is 1. The number of H-pyrrole nitrogens is 1. The molecule has 3 aromatic rings. The van der Waals surface area contributed by atoms with Crippen molar-refractivity contribution in [3.05, 3.63) is 69.8 Å². The van der Waals surface area contributed by atoms with Crippen molar-refractivity contribution in [1.29, 1.82) is 0 Å². The highest BCUT2D eigenvalue weighted by Crippen LogP contribution is 2.41. The Kier molecular flexibility index (Phi) is 4.82. The Bertz CT molecular complexity index is 954. The van der Waals surface area contributed by atoms with Crippen molar-refractivity contribution in [2.45, 2.75) is 31.4 Å². The number of benzene rings is 2. The molecular formula is C21H21BrF2N2O. The Hall–Kier alpha value is -1.76. The zero-order chi connectivity index (χ0) is 19.2. The summed E-state index contributed by atoms with van der Waals surface area (Å²) >= 11 is 3.44. The quantitative estimate of drug-likeness (QED) is 0.613. The molecule has 142 valence electrons. The normalized spacial score (nSPS) is 20.8. The summed E-state index contributed by atoms with van der Waals surface area (Å²) in [5.74, 6) is -3.15. The van der Waals surface area contributed by atoms with Gasteiger partial charge in [-0.3, -0.25) is 4.90 Å². The maximum atomic E-state index is 14.1. The van der Waals surface area contributed by atoms with E-state index in [4.69, 9.17) is 5.11 Å². The van der Waals surface area contributed by atoms with E-state index in [1.54, 1.807) is 4.90 Å². The molecule has 0 amide bonds. The molecular weight excluding hydrogens is 414 g/mol. The Morgan fingerprint density at radius 1 is 1.19 bits per heavy atom. The number of fused-ring (bicyclic) bond motifs is 3. The minimum absolute atomic E-state index is 0.0808. The molecule has 0 saturated heterocycles. The molecule has 0 spiro atoms. The van der Waals surface area contributed by atoms with Crippen LogP contribution in [-0.4, -0.2) is 40.1 Å². The van der Waals surface area contributed by atoms with E-state index in [0.29, 0.717) is 6.42 Å². The molecule has 2 N–H and O–H groups in total. The molecule has 4 rings (SSSR count). The molecule has 2 aromatic carbocycles. The topological polar surface area (TPSA) is 39.3 Å². The van der Waals surface area contributed by atoms with Gasteiger partial charge in [0.25, 0.3) is 5.92 Å². The van der Waals surface area contributed by atoms with Gasteiger partial charge in [-0.1, -0.05) is 46.3 Å².